The number of nitrogens with zero attached hydrogens (tertiary/aromatic N) is 2. The zero-order valence-electron chi connectivity index (χ0n) is 17.1. The number of aromatic carboxylic acids is 1. The molecule has 2 aliphatic rings. The van der Waals surface area contributed by atoms with Crippen molar-refractivity contribution in [3.63, 3.8) is 0 Å². The largest absolute Gasteiger partial charge is 0.492 e. The number of aryl methyl sites for hydroxylation is 1. The number of fused-ring (bicyclic) bond motifs is 1. The van der Waals surface area contributed by atoms with Gasteiger partial charge < -0.3 is 24.6 Å². The Bertz CT molecular complexity index is 1050. The first-order chi connectivity index (χ1) is 13.7. The fraction of sp³-hybridized carbons (Fsp3) is 0.524. The van der Waals surface area contributed by atoms with Gasteiger partial charge in [-0.25, -0.2) is 9.18 Å². The maximum atomic E-state index is 15.6. The normalized spacial score (nSPS) is 22.2. The Balaban J connectivity index is 2.08. The molecule has 7 nitrogen and oxygen atoms in total. The minimum Gasteiger partial charge on any atom is -0.492 e. The lowest BCUT2D eigenvalue weighted by atomic mass is 10.0. The van der Waals surface area contributed by atoms with E-state index in [4.69, 9.17) is 4.74 Å². The second kappa shape index (κ2) is 7.02. The van der Waals surface area contributed by atoms with E-state index in [2.05, 4.69) is 5.32 Å². The molecule has 2 aromatic rings. The molecule has 2 heterocycles. The van der Waals surface area contributed by atoms with Crippen LogP contribution < -0.4 is 20.4 Å². The topological polar surface area (TPSA) is 83.8 Å². The van der Waals surface area contributed by atoms with Gasteiger partial charge in [0.2, 0.25) is 5.43 Å². The molecular formula is C21H26FN3O4. The summed E-state index contributed by atoms with van der Waals surface area (Å²) in [6, 6.07) is 0.418. The molecule has 0 bridgehead atoms. The van der Waals surface area contributed by atoms with Gasteiger partial charge in [0.1, 0.15) is 11.3 Å². The van der Waals surface area contributed by atoms with Crippen molar-refractivity contribution in [3.05, 3.63) is 33.4 Å². The molecule has 1 aromatic carbocycles. The number of halogens is 1. The average molecular weight is 403 g/mol. The molecule has 29 heavy (non-hydrogen) atoms. The van der Waals surface area contributed by atoms with E-state index in [-0.39, 0.29) is 34.6 Å². The molecule has 1 saturated carbocycles. The first-order valence-electron chi connectivity index (χ1n) is 9.93. The summed E-state index contributed by atoms with van der Waals surface area (Å²) in [5.74, 6) is -1.54. The summed E-state index contributed by atoms with van der Waals surface area (Å²) in [6.45, 7) is 6.83. The van der Waals surface area contributed by atoms with Gasteiger partial charge in [0.15, 0.2) is 11.6 Å². The van der Waals surface area contributed by atoms with Crippen molar-refractivity contribution in [1.82, 2.24) is 9.88 Å². The van der Waals surface area contributed by atoms with Gasteiger partial charge in [-0.05, 0) is 33.6 Å². The fourth-order valence-corrected chi connectivity index (χ4v) is 4.49. The van der Waals surface area contributed by atoms with Crippen molar-refractivity contribution < 1.29 is 19.0 Å². The fourth-order valence-electron chi connectivity index (χ4n) is 4.49. The van der Waals surface area contributed by atoms with Crippen molar-refractivity contribution in [3.8, 4) is 5.75 Å². The van der Waals surface area contributed by atoms with Crippen molar-refractivity contribution >= 4 is 22.6 Å². The average Bonchev–Trinajstić information content (AvgIpc) is 3.48. The van der Waals surface area contributed by atoms with Gasteiger partial charge >= 0.3 is 5.97 Å². The van der Waals surface area contributed by atoms with Gasteiger partial charge in [0.05, 0.1) is 18.0 Å². The highest BCUT2D eigenvalue weighted by molar-refractivity contribution is 5.99. The van der Waals surface area contributed by atoms with Crippen LogP contribution in [0.5, 0.6) is 5.75 Å². The van der Waals surface area contributed by atoms with E-state index >= 15 is 4.39 Å². The number of ether oxygens (including phenoxy) is 1. The SMILES string of the molecule is COc1c(N2CC(C)NC(C)C2)c(F)c(C)c2c(=O)c(C(=O)O)cn(C3CC3)c12. The zero-order chi connectivity index (χ0) is 21.0. The molecule has 1 saturated heterocycles. The van der Waals surface area contributed by atoms with Crippen LogP contribution in [0, 0.1) is 12.7 Å². The number of pyridine rings is 1. The summed E-state index contributed by atoms with van der Waals surface area (Å²) in [4.78, 5) is 26.6. The highest BCUT2D eigenvalue weighted by Gasteiger charge is 2.34. The third-order valence-corrected chi connectivity index (χ3v) is 5.83. The predicted octanol–water partition coefficient (Wildman–Crippen LogP) is 2.68. The first-order valence-corrected chi connectivity index (χ1v) is 9.93. The quantitative estimate of drug-likeness (QED) is 0.817. The minimum atomic E-state index is -1.31. The van der Waals surface area contributed by atoms with Gasteiger partial charge in [-0.3, -0.25) is 4.79 Å². The summed E-state index contributed by atoms with van der Waals surface area (Å²) in [7, 11) is 1.47. The number of piperazine rings is 1. The molecule has 8 heteroatoms. The Kier molecular flexibility index (Phi) is 4.77. The van der Waals surface area contributed by atoms with Gasteiger partial charge in [-0.2, -0.15) is 0 Å². The van der Waals surface area contributed by atoms with Crippen LogP contribution in [0.2, 0.25) is 0 Å². The van der Waals surface area contributed by atoms with Gasteiger partial charge in [-0.1, -0.05) is 0 Å². The Morgan fingerprint density at radius 3 is 2.41 bits per heavy atom. The number of hydrogen-bond acceptors (Lipinski definition) is 5. The lowest BCUT2D eigenvalue weighted by Gasteiger charge is -2.38. The third-order valence-electron chi connectivity index (χ3n) is 5.83. The Morgan fingerprint density at radius 1 is 1.28 bits per heavy atom. The molecule has 156 valence electrons. The van der Waals surface area contributed by atoms with Crippen LogP contribution in [0.4, 0.5) is 10.1 Å². The van der Waals surface area contributed by atoms with E-state index in [1.165, 1.54) is 13.3 Å². The van der Waals surface area contributed by atoms with Crippen LogP contribution in [0.15, 0.2) is 11.0 Å². The van der Waals surface area contributed by atoms with E-state index in [0.717, 1.165) is 12.8 Å². The number of carboxylic acid groups (broad SMARTS) is 1. The Hall–Kier alpha value is -2.61. The summed E-state index contributed by atoms with van der Waals surface area (Å²) in [5, 5.41) is 13.0. The second-order valence-electron chi connectivity index (χ2n) is 8.23. The number of methoxy groups -OCH3 is 1. The van der Waals surface area contributed by atoms with E-state index in [0.29, 0.717) is 30.0 Å². The van der Waals surface area contributed by atoms with Crippen LogP contribution in [-0.2, 0) is 0 Å². The number of carbonyl (C=O) groups is 1. The van der Waals surface area contributed by atoms with E-state index in [1.54, 1.807) is 11.5 Å². The highest BCUT2D eigenvalue weighted by Crippen LogP contribution is 2.45. The summed E-state index contributed by atoms with van der Waals surface area (Å²) in [6.07, 6.45) is 3.15. The van der Waals surface area contributed by atoms with Crippen molar-refractivity contribution in [2.75, 3.05) is 25.1 Å². The second-order valence-corrected chi connectivity index (χ2v) is 8.23. The number of hydrogen-bond donors (Lipinski definition) is 2. The van der Waals surface area contributed by atoms with Crippen LogP contribution in [-0.4, -0.2) is 47.9 Å². The first kappa shape index (κ1) is 19.7. The molecule has 0 spiro atoms. The van der Waals surface area contributed by atoms with E-state index in [1.807, 2.05) is 18.7 Å². The van der Waals surface area contributed by atoms with Crippen LogP contribution in [0.1, 0.15) is 48.7 Å². The van der Waals surface area contributed by atoms with Crippen LogP contribution >= 0.6 is 0 Å². The molecule has 2 atom stereocenters. The molecule has 0 radical (unpaired) electrons. The van der Waals surface area contributed by atoms with E-state index in [9.17, 15) is 14.7 Å². The number of benzene rings is 1. The molecule has 0 amide bonds. The summed E-state index contributed by atoms with van der Waals surface area (Å²) >= 11 is 0. The number of aromatic nitrogens is 1. The monoisotopic (exact) mass is 403 g/mol. The lowest BCUT2D eigenvalue weighted by molar-refractivity contribution is 0.0695. The zero-order valence-corrected chi connectivity index (χ0v) is 17.1. The Morgan fingerprint density at radius 2 is 1.90 bits per heavy atom. The highest BCUT2D eigenvalue weighted by atomic mass is 19.1. The molecule has 2 N–H and O–H groups in total. The molecule has 1 aromatic heterocycles. The molecule has 1 aliphatic carbocycles. The number of nitrogens with one attached hydrogen (secondary N) is 1. The summed E-state index contributed by atoms with van der Waals surface area (Å²) in [5.41, 5.74) is -0.0248. The molecule has 2 unspecified atom stereocenters. The van der Waals surface area contributed by atoms with Gasteiger partial charge in [0.25, 0.3) is 0 Å². The maximum absolute atomic E-state index is 15.6. The predicted molar refractivity (Wildman–Crippen MR) is 109 cm³/mol. The summed E-state index contributed by atoms with van der Waals surface area (Å²) < 4.78 is 23.1. The van der Waals surface area contributed by atoms with E-state index < -0.39 is 17.2 Å². The van der Waals surface area contributed by atoms with Crippen molar-refractivity contribution in [2.45, 2.75) is 51.7 Å². The van der Waals surface area contributed by atoms with Gasteiger partial charge in [0, 0.05) is 43.0 Å². The maximum Gasteiger partial charge on any atom is 0.341 e. The Labute approximate surface area is 168 Å². The standard InChI is InChI=1S/C21H26FN3O4/c1-10-7-24(8-11(2)23-10)18-16(22)12(3)15-17(20(18)29-4)25(13-5-6-13)9-14(19(15)26)21(27)28/h9-11,13,23H,5-8H2,1-4H3,(H,27,28). The van der Waals surface area contributed by atoms with Crippen LogP contribution in [0.25, 0.3) is 10.9 Å². The smallest absolute Gasteiger partial charge is 0.341 e. The number of rotatable bonds is 4. The number of carboxylic acids is 1. The molecule has 2 fully saturated rings. The molecular weight excluding hydrogens is 377 g/mol. The van der Waals surface area contributed by atoms with Crippen molar-refractivity contribution in [2.24, 2.45) is 0 Å². The lowest BCUT2D eigenvalue weighted by Crippen LogP contribution is -2.54. The van der Waals surface area contributed by atoms with Crippen molar-refractivity contribution in [1.29, 1.82) is 0 Å². The minimum absolute atomic E-state index is 0.0867. The van der Waals surface area contributed by atoms with Gasteiger partial charge in [-0.15, -0.1) is 0 Å². The molecule has 4 rings (SSSR count). The van der Waals surface area contributed by atoms with Crippen LogP contribution in [0.3, 0.4) is 0 Å². The third kappa shape index (κ3) is 3.15. The number of anilines is 1. The molecule has 1 aliphatic heterocycles.